The second-order valence-electron chi connectivity index (χ2n) is 6.78. The molecule has 1 aliphatic rings. The number of nitrogens with zero attached hydrogens (tertiary/aromatic N) is 2. The van der Waals surface area contributed by atoms with E-state index in [0.29, 0.717) is 53.7 Å². The molecule has 0 fully saturated rings. The van der Waals surface area contributed by atoms with Crippen molar-refractivity contribution in [3.8, 4) is 28.6 Å². The van der Waals surface area contributed by atoms with Gasteiger partial charge in [-0.25, -0.2) is 4.98 Å². The van der Waals surface area contributed by atoms with Gasteiger partial charge in [0.2, 0.25) is 0 Å². The standard InChI is InChI=1S/C20H18ClN3O4/c21-13-3-1-11(2-4-13)19-22-15-10-24(6-5-14(15)20(28)23-19)9-12-7-17(26)18(27)8-16(12)25/h1-4,7-8,25-27H,5-6,9-10H2,(H,22,23,28). The highest BCUT2D eigenvalue weighted by Gasteiger charge is 2.22. The van der Waals surface area contributed by atoms with Crippen LogP contribution in [0.3, 0.4) is 0 Å². The molecule has 0 amide bonds. The lowest BCUT2D eigenvalue weighted by Crippen LogP contribution is -2.35. The minimum atomic E-state index is -0.369. The summed E-state index contributed by atoms with van der Waals surface area (Å²) in [6.07, 6.45) is 0.531. The molecule has 0 radical (unpaired) electrons. The maximum absolute atomic E-state index is 12.5. The van der Waals surface area contributed by atoms with Crippen LogP contribution in [0.4, 0.5) is 0 Å². The Morgan fingerprint density at radius 3 is 2.54 bits per heavy atom. The number of hydrogen-bond donors (Lipinski definition) is 4. The van der Waals surface area contributed by atoms with Gasteiger partial charge in [0, 0.05) is 47.4 Å². The van der Waals surface area contributed by atoms with Gasteiger partial charge in [0.15, 0.2) is 11.5 Å². The highest BCUT2D eigenvalue weighted by Crippen LogP contribution is 2.33. The van der Waals surface area contributed by atoms with Gasteiger partial charge in [0.25, 0.3) is 5.56 Å². The largest absolute Gasteiger partial charge is 0.507 e. The molecule has 3 aromatic rings. The topological polar surface area (TPSA) is 110 Å². The Kier molecular flexibility index (Phi) is 4.70. The molecule has 2 aromatic carbocycles. The molecule has 0 unspecified atom stereocenters. The van der Waals surface area contributed by atoms with Crippen LogP contribution in [0.2, 0.25) is 5.02 Å². The molecule has 0 atom stereocenters. The fraction of sp³-hybridized carbons (Fsp3) is 0.200. The van der Waals surface area contributed by atoms with Crippen molar-refractivity contribution in [2.24, 2.45) is 0 Å². The number of hydrogen-bond acceptors (Lipinski definition) is 6. The number of phenolic OH excluding ortho intramolecular Hbond substituents is 3. The van der Waals surface area contributed by atoms with Crippen LogP contribution in [0.1, 0.15) is 16.8 Å². The van der Waals surface area contributed by atoms with Gasteiger partial charge in [0.1, 0.15) is 11.6 Å². The van der Waals surface area contributed by atoms with Gasteiger partial charge < -0.3 is 20.3 Å². The summed E-state index contributed by atoms with van der Waals surface area (Å²) in [5.74, 6) is -0.273. The highest BCUT2D eigenvalue weighted by atomic mass is 35.5. The van der Waals surface area contributed by atoms with Gasteiger partial charge >= 0.3 is 0 Å². The molecule has 1 aromatic heterocycles. The summed E-state index contributed by atoms with van der Waals surface area (Å²) in [7, 11) is 0. The van der Waals surface area contributed by atoms with Crippen molar-refractivity contribution in [3.05, 3.63) is 68.6 Å². The number of benzene rings is 2. The van der Waals surface area contributed by atoms with Crippen LogP contribution in [0.5, 0.6) is 17.2 Å². The van der Waals surface area contributed by atoms with Gasteiger partial charge in [0.05, 0.1) is 5.69 Å². The number of fused-ring (bicyclic) bond motifs is 1. The minimum Gasteiger partial charge on any atom is -0.507 e. The van der Waals surface area contributed by atoms with Gasteiger partial charge in [-0.15, -0.1) is 0 Å². The van der Waals surface area contributed by atoms with Gasteiger partial charge in [-0.2, -0.15) is 0 Å². The fourth-order valence-corrected chi connectivity index (χ4v) is 3.48. The molecular formula is C20H18ClN3O4. The number of rotatable bonds is 3. The third-order valence-electron chi connectivity index (χ3n) is 4.84. The molecule has 0 spiro atoms. The molecule has 4 N–H and O–H groups in total. The first-order valence-corrected chi connectivity index (χ1v) is 9.12. The predicted molar refractivity (Wildman–Crippen MR) is 105 cm³/mol. The van der Waals surface area contributed by atoms with Crippen LogP contribution >= 0.6 is 11.6 Å². The van der Waals surface area contributed by atoms with E-state index in [2.05, 4.69) is 9.97 Å². The summed E-state index contributed by atoms with van der Waals surface area (Å²) in [6, 6.07) is 9.52. The number of H-pyrrole nitrogens is 1. The van der Waals surface area contributed by atoms with E-state index < -0.39 is 0 Å². The lowest BCUT2D eigenvalue weighted by atomic mass is 10.0. The lowest BCUT2D eigenvalue weighted by molar-refractivity contribution is 0.237. The minimum absolute atomic E-state index is 0.0955. The van der Waals surface area contributed by atoms with Crippen molar-refractivity contribution in [1.82, 2.24) is 14.9 Å². The van der Waals surface area contributed by atoms with Crippen molar-refractivity contribution in [2.75, 3.05) is 6.54 Å². The maximum atomic E-state index is 12.5. The normalized spacial score (nSPS) is 14.0. The summed E-state index contributed by atoms with van der Waals surface area (Å²) in [4.78, 5) is 22.0. The zero-order chi connectivity index (χ0) is 19.8. The number of aromatic hydroxyl groups is 3. The zero-order valence-electron chi connectivity index (χ0n) is 14.8. The molecular weight excluding hydrogens is 382 g/mol. The highest BCUT2D eigenvalue weighted by molar-refractivity contribution is 6.30. The number of phenols is 3. The van der Waals surface area contributed by atoms with E-state index in [1.54, 1.807) is 24.3 Å². The van der Waals surface area contributed by atoms with Gasteiger partial charge in [-0.3, -0.25) is 9.69 Å². The van der Waals surface area contributed by atoms with E-state index >= 15 is 0 Å². The van der Waals surface area contributed by atoms with Crippen molar-refractivity contribution in [2.45, 2.75) is 19.5 Å². The predicted octanol–water partition coefficient (Wildman–Crippen LogP) is 2.77. The van der Waals surface area contributed by atoms with Gasteiger partial charge in [-0.05, 0) is 36.8 Å². The van der Waals surface area contributed by atoms with Crippen molar-refractivity contribution >= 4 is 11.6 Å². The molecule has 28 heavy (non-hydrogen) atoms. The number of halogens is 1. The van der Waals surface area contributed by atoms with Crippen LogP contribution in [0, 0.1) is 0 Å². The van der Waals surface area contributed by atoms with Crippen LogP contribution in [-0.4, -0.2) is 36.7 Å². The molecule has 0 saturated heterocycles. The Bertz CT molecular complexity index is 1100. The summed E-state index contributed by atoms with van der Waals surface area (Å²) in [5, 5.41) is 29.8. The summed E-state index contributed by atoms with van der Waals surface area (Å²) in [5.41, 5.74) is 2.44. The molecule has 0 aliphatic carbocycles. The Hall–Kier alpha value is -3.03. The van der Waals surface area contributed by atoms with Crippen molar-refractivity contribution in [1.29, 1.82) is 0 Å². The quantitative estimate of drug-likeness (QED) is 0.398. The third-order valence-corrected chi connectivity index (χ3v) is 5.09. The molecule has 7 nitrogen and oxygen atoms in total. The second-order valence-corrected chi connectivity index (χ2v) is 7.21. The van der Waals surface area contributed by atoms with Crippen molar-refractivity contribution in [3.63, 3.8) is 0 Å². The van der Waals surface area contributed by atoms with E-state index in [1.807, 2.05) is 4.90 Å². The summed E-state index contributed by atoms with van der Waals surface area (Å²) >= 11 is 5.92. The molecule has 1 aliphatic heterocycles. The maximum Gasteiger partial charge on any atom is 0.254 e. The molecule has 4 rings (SSSR count). The molecule has 2 heterocycles. The second kappa shape index (κ2) is 7.18. The van der Waals surface area contributed by atoms with E-state index in [9.17, 15) is 20.1 Å². The SMILES string of the molecule is O=c1[nH]c(-c2ccc(Cl)cc2)nc2c1CCN(Cc1cc(O)c(O)cc1O)C2. The summed E-state index contributed by atoms with van der Waals surface area (Å²) in [6.45, 7) is 1.39. The Morgan fingerprint density at radius 2 is 1.79 bits per heavy atom. The molecule has 8 heteroatoms. The molecule has 144 valence electrons. The monoisotopic (exact) mass is 399 g/mol. The van der Waals surface area contributed by atoms with Gasteiger partial charge in [-0.1, -0.05) is 11.6 Å². The Balaban J connectivity index is 1.62. The number of nitrogens with one attached hydrogen (secondary N) is 1. The van der Waals surface area contributed by atoms with Crippen molar-refractivity contribution < 1.29 is 15.3 Å². The van der Waals surface area contributed by atoms with E-state index in [4.69, 9.17) is 11.6 Å². The Morgan fingerprint density at radius 1 is 1.07 bits per heavy atom. The first-order valence-electron chi connectivity index (χ1n) is 8.75. The third kappa shape index (κ3) is 3.54. The number of aromatic amines is 1. The van der Waals surface area contributed by atoms with E-state index in [-0.39, 0.29) is 22.8 Å². The van der Waals surface area contributed by atoms with Crippen LogP contribution in [0.15, 0.2) is 41.2 Å². The first kappa shape index (κ1) is 18.3. The van der Waals surface area contributed by atoms with Crippen LogP contribution in [0.25, 0.3) is 11.4 Å². The van der Waals surface area contributed by atoms with Crippen LogP contribution in [-0.2, 0) is 19.5 Å². The number of aromatic nitrogens is 2. The van der Waals surface area contributed by atoms with Crippen LogP contribution < -0.4 is 5.56 Å². The molecule has 0 bridgehead atoms. The lowest BCUT2D eigenvalue weighted by Gasteiger charge is -2.28. The Labute approximate surface area is 165 Å². The average molecular weight is 400 g/mol. The summed E-state index contributed by atoms with van der Waals surface area (Å²) < 4.78 is 0. The van der Waals surface area contributed by atoms with E-state index in [1.165, 1.54) is 6.07 Å². The average Bonchev–Trinajstić information content (AvgIpc) is 2.66. The molecule has 0 saturated carbocycles. The first-order chi connectivity index (χ1) is 13.4. The van der Waals surface area contributed by atoms with E-state index in [0.717, 1.165) is 11.6 Å². The zero-order valence-corrected chi connectivity index (χ0v) is 15.6. The fourth-order valence-electron chi connectivity index (χ4n) is 3.35. The smallest absolute Gasteiger partial charge is 0.254 e.